The van der Waals surface area contributed by atoms with Crippen molar-refractivity contribution >= 4 is 11.8 Å². The zero-order valence-corrected chi connectivity index (χ0v) is 12.9. The Balaban J connectivity index is 1.83. The van der Waals surface area contributed by atoms with Crippen molar-refractivity contribution in [2.45, 2.75) is 37.1 Å². The predicted octanol–water partition coefficient (Wildman–Crippen LogP) is 4.06. The summed E-state index contributed by atoms with van der Waals surface area (Å²) < 4.78 is 0. The molecular weight excluding hydrogens is 262 g/mol. The third-order valence-corrected chi connectivity index (χ3v) is 5.55. The third kappa shape index (κ3) is 2.50. The average Bonchev–Trinajstić information content (AvgIpc) is 2.87. The van der Waals surface area contributed by atoms with Crippen LogP contribution in [0.4, 0.5) is 0 Å². The van der Waals surface area contributed by atoms with Gasteiger partial charge in [-0.15, -0.1) is 11.8 Å². The molecule has 0 bridgehead atoms. The summed E-state index contributed by atoms with van der Waals surface area (Å²) in [7, 11) is 0. The molecule has 2 atom stereocenters. The van der Waals surface area contributed by atoms with Crippen LogP contribution in [0.2, 0.25) is 0 Å². The van der Waals surface area contributed by atoms with Gasteiger partial charge in [0.1, 0.15) is 0 Å². The number of fused-ring (bicyclic) bond motifs is 1. The maximum Gasteiger partial charge on any atom is 0.0157 e. The number of hydrogen-bond acceptors (Lipinski definition) is 2. The van der Waals surface area contributed by atoms with Gasteiger partial charge < -0.3 is 5.73 Å². The SMILES string of the molecule is Cc1cccc(C)c1CC(N)C1CSc2ccccc21. The summed E-state index contributed by atoms with van der Waals surface area (Å²) in [5.74, 6) is 1.60. The monoisotopic (exact) mass is 283 g/mol. The lowest BCUT2D eigenvalue weighted by Gasteiger charge is -2.21. The van der Waals surface area contributed by atoms with Crippen molar-refractivity contribution in [2.75, 3.05) is 5.75 Å². The van der Waals surface area contributed by atoms with E-state index in [0.29, 0.717) is 5.92 Å². The highest BCUT2D eigenvalue weighted by Gasteiger charge is 2.28. The molecule has 3 rings (SSSR count). The fourth-order valence-electron chi connectivity index (χ4n) is 3.09. The smallest absolute Gasteiger partial charge is 0.0157 e. The Morgan fingerprint density at radius 1 is 1.10 bits per heavy atom. The minimum Gasteiger partial charge on any atom is -0.327 e. The number of rotatable bonds is 3. The quantitative estimate of drug-likeness (QED) is 0.919. The summed E-state index contributed by atoms with van der Waals surface area (Å²) in [5.41, 5.74) is 12.1. The molecule has 0 radical (unpaired) electrons. The van der Waals surface area contributed by atoms with Crippen LogP contribution in [-0.2, 0) is 6.42 Å². The first-order valence-electron chi connectivity index (χ1n) is 7.19. The van der Waals surface area contributed by atoms with Crippen molar-refractivity contribution in [3.63, 3.8) is 0 Å². The Bertz CT molecular complexity index is 600. The van der Waals surface area contributed by atoms with Gasteiger partial charge in [0, 0.05) is 22.6 Å². The second kappa shape index (κ2) is 5.63. The van der Waals surface area contributed by atoms with Crippen LogP contribution in [0.15, 0.2) is 47.4 Å². The van der Waals surface area contributed by atoms with E-state index in [2.05, 4.69) is 56.3 Å². The predicted molar refractivity (Wildman–Crippen MR) is 87.5 cm³/mol. The molecule has 1 heterocycles. The van der Waals surface area contributed by atoms with Crippen LogP contribution in [0.3, 0.4) is 0 Å². The van der Waals surface area contributed by atoms with E-state index in [-0.39, 0.29) is 6.04 Å². The lowest BCUT2D eigenvalue weighted by atomic mass is 9.87. The Kier molecular flexibility index (Phi) is 3.86. The number of aryl methyl sites for hydroxylation is 2. The summed E-state index contributed by atoms with van der Waals surface area (Å²) in [6, 6.07) is 15.4. The molecule has 0 fully saturated rings. The van der Waals surface area contributed by atoms with E-state index in [1.807, 2.05) is 11.8 Å². The van der Waals surface area contributed by atoms with Crippen molar-refractivity contribution in [2.24, 2.45) is 5.73 Å². The molecule has 2 aromatic rings. The molecule has 20 heavy (non-hydrogen) atoms. The van der Waals surface area contributed by atoms with Crippen molar-refractivity contribution in [3.8, 4) is 0 Å². The standard InChI is InChI=1S/C18H21NS/c1-12-6-5-7-13(2)15(12)10-17(19)16-11-20-18-9-4-3-8-14(16)18/h3-9,16-17H,10-11,19H2,1-2H3. The molecule has 2 N–H and O–H groups in total. The number of nitrogens with two attached hydrogens (primary N) is 1. The molecule has 0 saturated heterocycles. The Labute approximate surface area is 125 Å². The first-order valence-corrected chi connectivity index (χ1v) is 8.18. The molecule has 0 saturated carbocycles. The van der Waals surface area contributed by atoms with Crippen molar-refractivity contribution < 1.29 is 0 Å². The average molecular weight is 283 g/mol. The van der Waals surface area contributed by atoms with E-state index >= 15 is 0 Å². The molecule has 0 spiro atoms. The van der Waals surface area contributed by atoms with Gasteiger partial charge in [-0.25, -0.2) is 0 Å². The first-order chi connectivity index (χ1) is 9.66. The Hall–Kier alpha value is -1.25. The van der Waals surface area contributed by atoms with Crippen LogP contribution < -0.4 is 5.73 Å². The molecule has 104 valence electrons. The van der Waals surface area contributed by atoms with E-state index in [0.717, 1.165) is 12.2 Å². The van der Waals surface area contributed by atoms with Gasteiger partial charge >= 0.3 is 0 Å². The van der Waals surface area contributed by atoms with Gasteiger partial charge in [0.2, 0.25) is 0 Å². The summed E-state index contributed by atoms with van der Waals surface area (Å²) in [4.78, 5) is 1.41. The summed E-state index contributed by atoms with van der Waals surface area (Å²) in [6.07, 6.45) is 0.970. The Morgan fingerprint density at radius 3 is 2.55 bits per heavy atom. The van der Waals surface area contributed by atoms with E-state index in [1.165, 1.54) is 27.1 Å². The molecule has 0 aliphatic carbocycles. The largest absolute Gasteiger partial charge is 0.327 e. The van der Waals surface area contributed by atoms with Crippen molar-refractivity contribution in [1.82, 2.24) is 0 Å². The highest BCUT2D eigenvalue weighted by molar-refractivity contribution is 7.99. The highest BCUT2D eigenvalue weighted by Crippen LogP contribution is 2.41. The highest BCUT2D eigenvalue weighted by atomic mass is 32.2. The second-order valence-electron chi connectivity index (χ2n) is 5.69. The van der Waals surface area contributed by atoms with Gasteiger partial charge in [0.15, 0.2) is 0 Å². The molecule has 2 heteroatoms. The molecule has 1 aliphatic heterocycles. The maximum absolute atomic E-state index is 6.55. The molecule has 2 unspecified atom stereocenters. The minimum absolute atomic E-state index is 0.200. The van der Waals surface area contributed by atoms with Gasteiger partial charge in [-0.1, -0.05) is 36.4 Å². The third-order valence-electron chi connectivity index (χ3n) is 4.34. The fraction of sp³-hybridized carbons (Fsp3) is 0.333. The first kappa shape index (κ1) is 13.7. The number of hydrogen-bond donors (Lipinski definition) is 1. The molecule has 0 amide bonds. The zero-order valence-electron chi connectivity index (χ0n) is 12.1. The molecular formula is C18H21NS. The molecule has 0 aromatic heterocycles. The molecule has 1 aliphatic rings. The topological polar surface area (TPSA) is 26.0 Å². The second-order valence-corrected chi connectivity index (χ2v) is 6.76. The van der Waals surface area contributed by atoms with Gasteiger partial charge in [-0.05, 0) is 48.6 Å². The fourth-order valence-corrected chi connectivity index (χ4v) is 4.44. The maximum atomic E-state index is 6.55. The number of thioether (sulfide) groups is 1. The van der Waals surface area contributed by atoms with Crippen LogP contribution >= 0.6 is 11.8 Å². The van der Waals surface area contributed by atoms with E-state index < -0.39 is 0 Å². The normalized spacial score (nSPS) is 18.9. The zero-order chi connectivity index (χ0) is 14.1. The van der Waals surface area contributed by atoms with E-state index in [1.54, 1.807) is 0 Å². The number of benzene rings is 2. The van der Waals surface area contributed by atoms with E-state index in [9.17, 15) is 0 Å². The summed E-state index contributed by atoms with van der Waals surface area (Å²) >= 11 is 1.94. The van der Waals surface area contributed by atoms with Crippen LogP contribution in [0.1, 0.15) is 28.2 Å². The van der Waals surface area contributed by atoms with Gasteiger partial charge in [0.25, 0.3) is 0 Å². The summed E-state index contributed by atoms with van der Waals surface area (Å²) in [5, 5.41) is 0. The lowest BCUT2D eigenvalue weighted by Crippen LogP contribution is -2.31. The van der Waals surface area contributed by atoms with Crippen molar-refractivity contribution in [3.05, 3.63) is 64.7 Å². The summed E-state index contributed by atoms with van der Waals surface area (Å²) in [6.45, 7) is 4.37. The van der Waals surface area contributed by atoms with Crippen LogP contribution in [-0.4, -0.2) is 11.8 Å². The molecule has 1 nitrogen and oxygen atoms in total. The van der Waals surface area contributed by atoms with Gasteiger partial charge in [-0.2, -0.15) is 0 Å². The Morgan fingerprint density at radius 2 is 1.80 bits per heavy atom. The van der Waals surface area contributed by atoms with Crippen molar-refractivity contribution in [1.29, 1.82) is 0 Å². The van der Waals surface area contributed by atoms with E-state index in [4.69, 9.17) is 5.73 Å². The van der Waals surface area contributed by atoms with Gasteiger partial charge in [0.05, 0.1) is 0 Å². The van der Waals surface area contributed by atoms with Gasteiger partial charge in [-0.3, -0.25) is 0 Å². The minimum atomic E-state index is 0.200. The molecule has 2 aromatic carbocycles. The van der Waals surface area contributed by atoms with Crippen LogP contribution in [0, 0.1) is 13.8 Å². The van der Waals surface area contributed by atoms with Crippen LogP contribution in [0.25, 0.3) is 0 Å². The lowest BCUT2D eigenvalue weighted by molar-refractivity contribution is 0.569. The van der Waals surface area contributed by atoms with Crippen LogP contribution in [0.5, 0.6) is 0 Å².